The Morgan fingerprint density at radius 3 is 1.95 bits per heavy atom. The summed E-state index contributed by atoms with van der Waals surface area (Å²) in [5, 5.41) is 15.9. The van der Waals surface area contributed by atoms with Crippen molar-refractivity contribution in [3.05, 3.63) is 119 Å². The van der Waals surface area contributed by atoms with E-state index in [1.165, 1.54) is 42.5 Å². The van der Waals surface area contributed by atoms with Crippen molar-refractivity contribution in [2.24, 2.45) is 0 Å². The molecule has 0 aromatic heterocycles. The normalized spacial score (nSPS) is 12.1. The third-order valence-corrected chi connectivity index (χ3v) is 11.3. The summed E-state index contributed by atoms with van der Waals surface area (Å²) in [7, 11) is -13.5. The SMILES string of the molecule is Nc1ccc(Nc2ccc(S(=O)(=O)Nc3ccccc3)cc2[N+](=O)[O-])cc1S(=O)(=O)NS(=O)(=O)c1ccc2ccccc2c1. The lowest BCUT2D eigenvalue weighted by molar-refractivity contribution is -0.384. The molecule has 0 bridgehead atoms. The average Bonchev–Trinajstić information content (AvgIpc) is 2.97. The fraction of sp³-hybridized carbons (Fsp3) is 0. The van der Waals surface area contributed by atoms with Gasteiger partial charge in [-0.1, -0.05) is 48.5 Å². The summed E-state index contributed by atoms with van der Waals surface area (Å²) in [6.07, 6.45) is 0. The minimum atomic E-state index is -4.77. The molecule has 0 amide bonds. The van der Waals surface area contributed by atoms with Crippen molar-refractivity contribution < 1.29 is 30.2 Å². The van der Waals surface area contributed by atoms with E-state index in [2.05, 4.69) is 10.0 Å². The van der Waals surface area contributed by atoms with Gasteiger partial charge in [0.2, 0.25) is 0 Å². The van der Waals surface area contributed by atoms with Gasteiger partial charge in [-0.2, -0.15) is 0 Å². The standard InChI is InChI=1S/C28H23N5O8S3/c29-25-14-11-22(17-28(25)44(40,41)32-43(38,39)23-12-10-19-6-4-5-7-20(19)16-23)30-26-15-13-24(18-27(26)33(34)35)42(36,37)31-21-8-2-1-3-9-21/h1-18,30-32H,29H2. The van der Waals surface area contributed by atoms with Crippen LogP contribution in [0, 0.1) is 10.1 Å². The molecule has 5 N–H and O–H groups in total. The summed E-state index contributed by atoms with van der Waals surface area (Å²) in [5.74, 6) is 0. The number of fused-ring (bicyclic) bond motifs is 1. The van der Waals surface area contributed by atoms with Crippen LogP contribution in [-0.2, 0) is 30.1 Å². The number of hydrogen-bond donors (Lipinski definition) is 4. The fourth-order valence-corrected chi connectivity index (χ4v) is 8.40. The second-order valence-corrected chi connectivity index (χ2v) is 14.7. The van der Waals surface area contributed by atoms with Crippen LogP contribution in [0.25, 0.3) is 10.8 Å². The topological polar surface area (TPSA) is 208 Å². The fourth-order valence-electron chi connectivity index (χ4n) is 4.23. The van der Waals surface area contributed by atoms with Crippen molar-refractivity contribution in [1.29, 1.82) is 0 Å². The number of nitrogens with one attached hydrogen (secondary N) is 3. The number of anilines is 4. The first-order chi connectivity index (χ1) is 20.7. The summed E-state index contributed by atoms with van der Waals surface area (Å²) in [6, 6.07) is 25.6. The van der Waals surface area contributed by atoms with Crippen molar-refractivity contribution in [2.75, 3.05) is 15.8 Å². The van der Waals surface area contributed by atoms with Gasteiger partial charge >= 0.3 is 0 Å². The van der Waals surface area contributed by atoms with E-state index in [1.807, 2.05) is 0 Å². The summed E-state index contributed by atoms with van der Waals surface area (Å²) in [6.45, 7) is 0. The molecule has 0 aliphatic heterocycles. The second kappa shape index (κ2) is 11.6. The van der Waals surface area contributed by atoms with Crippen LogP contribution in [0.3, 0.4) is 0 Å². The molecule has 0 heterocycles. The van der Waals surface area contributed by atoms with Gasteiger partial charge in [0.25, 0.3) is 35.8 Å². The molecule has 0 atom stereocenters. The Bertz CT molecular complexity index is 2240. The van der Waals surface area contributed by atoms with Gasteiger partial charge in [0.1, 0.15) is 10.6 Å². The van der Waals surface area contributed by atoms with Gasteiger partial charge in [-0.05, 0) is 65.4 Å². The predicted molar refractivity (Wildman–Crippen MR) is 166 cm³/mol. The Labute approximate surface area is 252 Å². The van der Waals surface area contributed by atoms with E-state index in [9.17, 15) is 35.4 Å². The molecule has 0 saturated heterocycles. The molecule has 0 unspecified atom stereocenters. The van der Waals surface area contributed by atoms with Crippen LogP contribution in [0.2, 0.25) is 0 Å². The lowest BCUT2D eigenvalue weighted by atomic mass is 10.1. The number of para-hydroxylation sites is 1. The molecule has 0 radical (unpaired) electrons. The maximum atomic E-state index is 13.2. The first-order valence-electron chi connectivity index (χ1n) is 12.6. The Morgan fingerprint density at radius 1 is 0.614 bits per heavy atom. The molecule has 0 fully saturated rings. The van der Waals surface area contributed by atoms with Crippen LogP contribution in [0.15, 0.2) is 124 Å². The highest BCUT2D eigenvalue weighted by Crippen LogP contribution is 2.33. The quantitative estimate of drug-likeness (QED) is 0.0939. The molecule has 0 spiro atoms. The highest BCUT2D eigenvalue weighted by molar-refractivity contribution is 8.04. The van der Waals surface area contributed by atoms with E-state index >= 15 is 0 Å². The van der Waals surface area contributed by atoms with E-state index < -0.39 is 45.6 Å². The van der Waals surface area contributed by atoms with Crippen molar-refractivity contribution in [2.45, 2.75) is 14.7 Å². The summed E-state index contributed by atoms with van der Waals surface area (Å²) < 4.78 is 82.1. The highest BCUT2D eigenvalue weighted by Gasteiger charge is 2.28. The summed E-state index contributed by atoms with van der Waals surface area (Å²) >= 11 is 0. The number of nitrogens with two attached hydrogens (primary N) is 1. The van der Waals surface area contributed by atoms with Gasteiger partial charge in [0.15, 0.2) is 0 Å². The lowest BCUT2D eigenvalue weighted by Crippen LogP contribution is -2.31. The van der Waals surface area contributed by atoms with E-state index in [0.717, 1.165) is 29.7 Å². The zero-order chi connectivity index (χ0) is 31.7. The van der Waals surface area contributed by atoms with Gasteiger partial charge < -0.3 is 11.1 Å². The Kier molecular flexibility index (Phi) is 8.00. The Morgan fingerprint density at radius 2 is 1.25 bits per heavy atom. The van der Waals surface area contributed by atoms with E-state index in [-0.39, 0.29) is 32.5 Å². The van der Waals surface area contributed by atoms with Crippen molar-refractivity contribution in [3.63, 3.8) is 0 Å². The average molecular weight is 654 g/mol. The largest absolute Gasteiger partial charge is 0.398 e. The number of nitrogen functional groups attached to an aromatic ring is 1. The molecule has 5 aromatic rings. The molecule has 5 rings (SSSR count). The third-order valence-electron chi connectivity index (χ3n) is 6.33. The molecule has 5 aromatic carbocycles. The zero-order valence-electron chi connectivity index (χ0n) is 22.4. The van der Waals surface area contributed by atoms with E-state index in [4.69, 9.17) is 5.73 Å². The number of nitro groups is 1. The maximum absolute atomic E-state index is 13.2. The Balaban J connectivity index is 1.43. The first-order valence-corrected chi connectivity index (χ1v) is 17.0. The minimum Gasteiger partial charge on any atom is -0.398 e. The molecular weight excluding hydrogens is 631 g/mol. The first kappa shape index (κ1) is 30.4. The maximum Gasteiger partial charge on any atom is 0.294 e. The van der Waals surface area contributed by atoms with E-state index in [0.29, 0.717) is 5.39 Å². The third kappa shape index (κ3) is 6.47. The number of sulfonamides is 3. The zero-order valence-corrected chi connectivity index (χ0v) is 24.9. The molecule has 0 saturated carbocycles. The van der Waals surface area contributed by atoms with Crippen LogP contribution >= 0.6 is 0 Å². The number of benzene rings is 5. The molecule has 0 aliphatic carbocycles. The second-order valence-electron chi connectivity index (χ2n) is 9.38. The molecule has 0 aliphatic rings. The van der Waals surface area contributed by atoms with Gasteiger partial charge in [-0.25, -0.2) is 25.3 Å². The Hall–Kier alpha value is -5.03. The molecule has 226 valence electrons. The molecule has 16 heteroatoms. The number of nitrogens with zero attached hydrogens (tertiary/aromatic N) is 1. The lowest BCUT2D eigenvalue weighted by Gasteiger charge is -2.14. The predicted octanol–water partition coefficient (Wildman–Crippen LogP) is 4.54. The van der Waals surface area contributed by atoms with Crippen molar-refractivity contribution in [1.82, 2.24) is 4.13 Å². The van der Waals surface area contributed by atoms with Crippen molar-refractivity contribution >= 4 is 69.3 Å². The van der Waals surface area contributed by atoms with Crippen LogP contribution in [0.5, 0.6) is 0 Å². The highest BCUT2D eigenvalue weighted by atomic mass is 32.3. The van der Waals surface area contributed by atoms with Crippen LogP contribution in [0.1, 0.15) is 0 Å². The number of nitro benzene ring substituents is 1. The van der Waals surface area contributed by atoms with Crippen LogP contribution < -0.4 is 19.9 Å². The van der Waals surface area contributed by atoms with Gasteiger partial charge in [0.05, 0.1) is 20.4 Å². The van der Waals surface area contributed by atoms with Crippen LogP contribution in [0.4, 0.5) is 28.4 Å². The minimum absolute atomic E-state index is 0.0104. The molecule has 44 heavy (non-hydrogen) atoms. The monoisotopic (exact) mass is 653 g/mol. The number of rotatable bonds is 10. The van der Waals surface area contributed by atoms with Crippen LogP contribution in [-0.4, -0.2) is 30.2 Å². The summed E-state index contributed by atoms with van der Waals surface area (Å²) in [4.78, 5) is 9.76. The van der Waals surface area contributed by atoms with Gasteiger partial charge in [-0.3, -0.25) is 14.8 Å². The smallest absolute Gasteiger partial charge is 0.294 e. The van der Waals surface area contributed by atoms with Crippen molar-refractivity contribution in [3.8, 4) is 0 Å². The molecular formula is C28H23N5O8S3. The number of hydrogen-bond acceptors (Lipinski definition) is 10. The van der Waals surface area contributed by atoms with E-state index in [1.54, 1.807) is 46.6 Å². The molecule has 13 nitrogen and oxygen atoms in total. The van der Waals surface area contributed by atoms with Gasteiger partial charge in [-0.15, -0.1) is 4.13 Å². The summed E-state index contributed by atoms with van der Waals surface area (Å²) in [5.41, 5.74) is 5.04. The van der Waals surface area contributed by atoms with Gasteiger partial charge in [0, 0.05) is 17.4 Å².